The summed E-state index contributed by atoms with van der Waals surface area (Å²) in [6.45, 7) is 8.48. The van der Waals surface area contributed by atoms with E-state index in [1.165, 1.54) is 22.3 Å². The van der Waals surface area contributed by atoms with Gasteiger partial charge in [0.25, 0.3) is 0 Å². The van der Waals surface area contributed by atoms with Crippen molar-refractivity contribution in [2.75, 3.05) is 20.2 Å². The second-order valence-electron chi connectivity index (χ2n) is 5.19. The minimum atomic E-state index is 0.279. The Labute approximate surface area is 104 Å². The van der Waals surface area contributed by atoms with E-state index in [1.807, 2.05) is 7.05 Å². The summed E-state index contributed by atoms with van der Waals surface area (Å²) in [5.74, 6) is 0.612. The zero-order chi connectivity index (χ0) is 12.4. The van der Waals surface area contributed by atoms with Crippen molar-refractivity contribution in [2.45, 2.75) is 33.3 Å². The molecule has 17 heavy (non-hydrogen) atoms. The van der Waals surface area contributed by atoms with Crippen molar-refractivity contribution in [3.05, 3.63) is 34.4 Å². The maximum absolute atomic E-state index is 5.94. The zero-order valence-corrected chi connectivity index (χ0v) is 11.3. The Bertz CT molecular complexity index is 400. The molecular formula is C15H23NO. The molecule has 1 aliphatic heterocycles. The molecule has 0 saturated carbocycles. The molecule has 0 spiro atoms. The zero-order valence-electron chi connectivity index (χ0n) is 11.3. The number of hydrogen-bond acceptors (Lipinski definition) is 2. The first-order valence-corrected chi connectivity index (χ1v) is 6.47. The Morgan fingerprint density at radius 1 is 1.18 bits per heavy atom. The molecule has 0 aromatic heterocycles. The first kappa shape index (κ1) is 12.6. The second-order valence-corrected chi connectivity index (χ2v) is 5.19. The number of aryl methyl sites for hydroxylation is 3. The van der Waals surface area contributed by atoms with Crippen LogP contribution in [0.25, 0.3) is 0 Å². The van der Waals surface area contributed by atoms with Crippen LogP contribution < -0.4 is 5.32 Å². The summed E-state index contributed by atoms with van der Waals surface area (Å²) in [7, 11) is 2.02. The van der Waals surface area contributed by atoms with Gasteiger partial charge in [-0.25, -0.2) is 0 Å². The van der Waals surface area contributed by atoms with Gasteiger partial charge < -0.3 is 10.1 Å². The van der Waals surface area contributed by atoms with Crippen LogP contribution in [0.2, 0.25) is 0 Å². The fourth-order valence-electron chi connectivity index (χ4n) is 2.74. The molecule has 2 heteroatoms. The Hall–Kier alpha value is -0.860. The molecule has 1 saturated heterocycles. The molecule has 2 rings (SSSR count). The smallest absolute Gasteiger partial charge is 0.0868 e. The van der Waals surface area contributed by atoms with Crippen molar-refractivity contribution in [3.8, 4) is 0 Å². The lowest BCUT2D eigenvalue weighted by Gasteiger charge is -2.21. The SMILES string of the molecule is CNCC1CCOC1c1cc(C)c(C)cc1C. The number of hydrogen-bond donors (Lipinski definition) is 1. The van der Waals surface area contributed by atoms with Gasteiger partial charge in [-0.15, -0.1) is 0 Å². The van der Waals surface area contributed by atoms with Crippen molar-refractivity contribution in [3.63, 3.8) is 0 Å². The molecule has 0 bridgehead atoms. The van der Waals surface area contributed by atoms with E-state index < -0.39 is 0 Å². The number of rotatable bonds is 3. The average Bonchev–Trinajstić information content (AvgIpc) is 2.72. The van der Waals surface area contributed by atoms with Gasteiger partial charge >= 0.3 is 0 Å². The molecule has 2 nitrogen and oxygen atoms in total. The molecule has 0 radical (unpaired) electrons. The van der Waals surface area contributed by atoms with Gasteiger partial charge in [-0.2, -0.15) is 0 Å². The molecule has 1 fully saturated rings. The fourth-order valence-corrected chi connectivity index (χ4v) is 2.74. The van der Waals surface area contributed by atoms with Crippen LogP contribution in [-0.4, -0.2) is 20.2 Å². The molecule has 1 heterocycles. The molecule has 0 aliphatic carbocycles. The predicted octanol–water partition coefficient (Wildman–Crippen LogP) is 2.91. The van der Waals surface area contributed by atoms with Gasteiger partial charge in [-0.1, -0.05) is 12.1 Å². The topological polar surface area (TPSA) is 21.3 Å². The van der Waals surface area contributed by atoms with Crippen LogP contribution in [0, 0.1) is 26.7 Å². The molecule has 94 valence electrons. The standard InChI is InChI=1S/C15H23NO/c1-10-7-12(3)14(8-11(10)2)15-13(9-16-4)5-6-17-15/h7-8,13,15-16H,5-6,9H2,1-4H3. The quantitative estimate of drug-likeness (QED) is 0.866. The van der Waals surface area contributed by atoms with Crippen LogP contribution in [0.3, 0.4) is 0 Å². The summed E-state index contributed by atoms with van der Waals surface area (Å²) in [5, 5.41) is 3.27. The van der Waals surface area contributed by atoms with E-state index in [9.17, 15) is 0 Å². The highest BCUT2D eigenvalue weighted by Gasteiger charge is 2.30. The third-order valence-corrected chi connectivity index (χ3v) is 3.87. The van der Waals surface area contributed by atoms with E-state index in [0.717, 1.165) is 19.6 Å². The maximum Gasteiger partial charge on any atom is 0.0868 e. The van der Waals surface area contributed by atoms with E-state index in [4.69, 9.17) is 4.74 Å². The van der Waals surface area contributed by atoms with E-state index in [-0.39, 0.29) is 6.10 Å². The third-order valence-electron chi connectivity index (χ3n) is 3.87. The molecule has 1 aromatic rings. The van der Waals surface area contributed by atoms with Crippen LogP contribution in [0.15, 0.2) is 12.1 Å². The largest absolute Gasteiger partial charge is 0.373 e. The number of ether oxygens (including phenoxy) is 1. The van der Waals surface area contributed by atoms with Gasteiger partial charge in [-0.05, 0) is 56.5 Å². The molecule has 1 N–H and O–H groups in total. The predicted molar refractivity (Wildman–Crippen MR) is 71.4 cm³/mol. The van der Waals surface area contributed by atoms with Crippen molar-refractivity contribution in [1.82, 2.24) is 5.32 Å². The minimum absolute atomic E-state index is 0.279. The normalized spacial score (nSPS) is 24.2. The fraction of sp³-hybridized carbons (Fsp3) is 0.600. The maximum atomic E-state index is 5.94. The van der Waals surface area contributed by atoms with Gasteiger partial charge in [0.2, 0.25) is 0 Å². The Balaban J connectivity index is 2.29. The van der Waals surface area contributed by atoms with Crippen LogP contribution >= 0.6 is 0 Å². The second kappa shape index (κ2) is 5.19. The van der Waals surface area contributed by atoms with Crippen LogP contribution in [-0.2, 0) is 4.74 Å². The Kier molecular flexibility index (Phi) is 3.85. The van der Waals surface area contributed by atoms with Crippen molar-refractivity contribution < 1.29 is 4.74 Å². The Morgan fingerprint density at radius 3 is 2.59 bits per heavy atom. The van der Waals surface area contributed by atoms with Crippen LogP contribution in [0.5, 0.6) is 0 Å². The highest BCUT2D eigenvalue weighted by Crippen LogP contribution is 2.36. The summed E-state index contributed by atoms with van der Waals surface area (Å²) < 4.78 is 5.94. The van der Waals surface area contributed by atoms with E-state index in [1.54, 1.807) is 0 Å². The highest BCUT2D eigenvalue weighted by atomic mass is 16.5. The lowest BCUT2D eigenvalue weighted by Crippen LogP contribution is -2.22. The highest BCUT2D eigenvalue weighted by molar-refractivity contribution is 5.38. The monoisotopic (exact) mass is 233 g/mol. The molecule has 1 aliphatic rings. The molecule has 2 atom stereocenters. The van der Waals surface area contributed by atoms with Gasteiger partial charge in [-0.3, -0.25) is 0 Å². The van der Waals surface area contributed by atoms with Gasteiger partial charge in [0.05, 0.1) is 6.10 Å². The van der Waals surface area contributed by atoms with E-state index >= 15 is 0 Å². The summed E-state index contributed by atoms with van der Waals surface area (Å²) in [6, 6.07) is 4.59. The van der Waals surface area contributed by atoms with Crippen molar-refractivity contribution in [2.24, 2.45) is 5.92 Å². The van der Waals surface area contributed by atoms with Crippen molar-refractivity contribution >= 4 is 0 Å². The van der Waals surface area contributed by atoms with Crippen molar-refractivity contribution in [1.29, 1.82) is 0 Å². The van der Waals surface area contributed by atoms with Crippen LogP contribution in [0.1, 0.15) is 34.8 Å². The first-order chi connectivity index (χ1) is 8.13. The van der Waals surface area contributed by atoms with Crippen LogP contribution in [0.4, 0.5) is 0 Å². The van der Waals surface area contributed by atoms with E-state index in [0.29, 0.717) is 5.92 Å². The Morgan fingerprint density at radius 2 is 1.88 bits per heavy atom. The van der Waals surface area contributed by atoms with Gasteiger partial charge in [0.1, 0.15) is 0 Å². The summed E-state index contributed by atoms with van der Waals surface area (Å²) in [4.78, 5) is 0. The van der Waals surface area contributed by atoms with Gasteiger partial charge in [0.15, 0.2) is 0 Å². The number of nitrogens with one attached hydrogen (secondary N) is 1. The lowest BCUT2D eigenvalue weighted by atomic mass is 9.90. The lowest BCUT2D eigenvalue weighted by molar-refractivity contribution is 0.0904. The molecule has 1 aromatic carbocycles. The molecular weight excluding hydrogens is 210 g/mol. The number of benzene rings is 1. The molecule has 0 amide bonds. The summed E-state index contributed by atoms with van der Waals surface area (Å²) in [5.41, 5.74) is 5.48. The minimum Gasteiger partial charge on any atom is -0.373 e. The molecule has 2 unspecified atom stereocenters. The van der Waals surface area contributed by atoms with Gasteiger partial charge in [0, 0.05) is 19.1 Å². The third kappa shape index (κ3) is 2.53. The first-order valence-electron chi connectivity index (χ1n) is 6.47. The summed E-state index contributed by atoms with van der Waals surface area (Å²) >= 11 is 0. The average molecular weight is 233 g/mol. The summed E-state index contributed by atoms with van der Waals surface area (Å²) in [6.07, 6.45) is 1.44. The van der Waals surface area contributed by atoms with E-state index in [2.05, 4.69) is 38.2 Å².